The van der Waals surface area contributed by atoms with Crippen molar-refractivity contribution in [3.05, 3.63) is 24.4 Å². The van der Waals surface area contributed by atoms with E-state index in [1.807, 2.05) is 0 Å². The number of aromatic amines is 1. The first kappa shape index (κ1) is 9.21. The molecule has 0 bridgehead atoms. The number of nitrogens with zero attached hydrogens (tertiary/aromatic N) is 1. The third kappa shape index (κ3) is 1.39. The van der Waals surface area contributed by atoms with Crippen molar-refractivity contribution < 1.29 is 9.84 Å². The fourth-order valence-electron chi connectivity index (χ4n) is 1.28. The molecule has 0 aliphatic heterocycles. The van der Waals surface area contributed by atoms with E-state index in [9.17, 15) is 8.42 Å². The average Bonchev–Trinajstić information content (AvgIpc) is 2.64. The molecule has 0 saturated heterocycles. The van der Waals surface area contributed by atoms with E-state index in [1.165, 1.54) is 0 Å². The van der Waals surface area contributed by atoms with Crippen LogP contribution in [0, 0.1) is 0 Å². The molecule has 0 amide bonds. The molecule has 0 aliphatic rings. The molecule has 0 unspecified atom stereocenters. The summed E-state index contributed by atoms with van der Waals surface area (Å²) >= 11 is 0. The number of nitrogens with one attached hydrogen (secondary N) is 1. The van der Waals surface area contributed by atoms with Crippen LogP contribution in [0.1, 0.15) is 8.35 Å². The molecular weight excluding hydrogens is 200 g/mol. The highest BCUT2D eigenvalue weighted by atomic mass is 32.2. The average molecular weight is 212 g/mol. The monoisotopic (exact) mass is 212 g/mol. The van der Waals surface area contributed by atoms with Crippen molar-refractivity contribution in [1.82, 2.24) is 10.2 Å². The highest BCUT2D eigenvalue weighted by molar-refractivity contribution is 7.91. The molecule has 1 aromatic heterocycles. The lowest BCUT2D eigenvalue weighted by atomic mass is 10.3. The van der Waals surface area contributed by atoms with E-state index in [0.717, 1.165) is 10.9 Å². The number of rotatable bonds is 2. The van der Waals surface area contributed by atoms with E-state index in [4.69, 9.17) is 0 Å². The van der Waals surface area contributed by atoms with Crippen molar-refractivity contribution in [1.29, 1.82) is 0 Å². The second-order valence-electron chi connectivity index (χ2n) is 3.02. The van der Waals surface area contributed by atoms with Crippen LogP contribution in [0.15, 0.2) is 29.3 Å². The van der Waals surface area contributed by atoms with Gasteiger partial charge in [-0.1, -0.05) is 6.92 Å². The molecule has 0 fully saturated rings. The molecule has 0 aliphatic carbocycles. The Kier molecular flexibility index (Phi) is 2.03. The smallest absolute Gasteiger partial charge is 0.178 e. The second-order valence-corrected chi connectivity index (χ2v) is 5.30. The van der Waals surface area contributed by atoms with E-state index in [2.05, 4.69) is 10.2 Å². The Morgan fingerprint density at radius 2 is 2.29 bits per heavy atom. The lowest BCUT2D eigenvalue weighted by Gasteiger charge is -2.00. The molecule has 14 heavy (non-hydrogen) atoms. The van der Waals surface area contributed by atoms with Gasteiger partial charge in [-0.05, 0) is 18.2 Å². The highest BCUT2D eigenvalue weighted by Crippen LogP contribution is 2.17. The Morgan fingerprint density at radius 3 is 3.00 bits per heavy atom. The maximum absolute atomic E-state index is 11.5. The maximum Gasteiger partial charge on any atom is 0.178 e. The van der Waals surface area contributed by atoms with Gasteiger partial charge in [-0.15, -0.1) is 0 Å². The third-order valence-electron chi connectivity index (χ3n) is 2.15. The molecule has 0 saturated carbocycles. The first-order valence-electron chi connectivity index (χ1n) is 4.29. The molecule has 0 radical (unpaired) electrons. The Morgan fingerprint density at radius 1 is 1.50 bits per heavy atom. The van der Waals surface area contributed by atoms with Crippen molar-refractivity contribution in [2.75, 3.05) is 5.75 Å². The minimum atomic E-state index is -3.11. The number of benzene rings is 1. The van der Waals surface area contributed by atoms with Gasteiger partial charge >= 0.3 is 0 Å². The quantitative estimate of drug-likeness (QED) is 0.822. The van der Waals surface area contributed by atoms with Crippen LogP contribution in [-0.4, -0.2) is 24.4 Å². The molecule has 1 aromatic carbocycles. The van der Waals surface area contributed by atoms with Gasteiger partial charge < -0.3 is 0 Å². The summed E-state index contributed by atoms with van der Waals surface area (Å²) < 4.78 is 23.1. The summed E-state index contributed by atoms with van der Waals surface area (Å²) in [7, 11) is -3.11. The number of H-pyrrole nitrogens is 1. The van der Waals surface area contributed by atoms with Gasteiger partial charge in [0, 0.05) is 6.81 Å². The van der Waals surface area contributed by atoms with Crippen molar-refractivity contribution in [3.8, 4) is 0 Å². The van der Waals surface area contributed by atoms with Crippen molar-refractivity contribution in [3.63, 3.8) is 0 Å². The zero-order chi connectivity index (χ0) is 10.2. The molecule has 4 nitrogen and oxygen atoms in total. The number of aromatic nitrogens is 2. The van der Waals surface area contributed by atoms with E-state index < -0.39 is 9.84 Å². The van der Waals surface area contributed by atoms with Crippen molar-refractivity contribution in [2.45, 2.75) is 11.8 Å². The molecular formula is C9H12N2O2S. The van der Waals surface area contributed by atoms with Crippen LogP contribution in [0.2, 0.25) is 0 Å². The predicted octanol–water partition coefficient (Wildman–Crippen LogP) is 1.60. The molecule has 2 aromatic rings. The molecule has 2 rings (SSSR count). The van der Waals surface area contributed by atoms with E-state index >= 15 is 0 Å². The zero-order valence-corrected chi connectivity index (χ0v) is 8.50. The number of hydrogen-bond donors (Lipinski definition) is 1. The summed E-state index contributed by atoms with van der Waals surface area (Å²) in [6, 6.07) is 4.96. The fourth-order valence-corrected chi connectivity index (χ4v) is 2.20. The molecule has 0 atom stereocenters. The highest BCUT2D eigenvalue weighted by Gasteiger charge is 2.11. The summed E-state index contributed by atoms with van der Waals surface area (Å²) in [5.74, 6) is 0.121. The standard InChI is InChI=1S/C9H10N2O2S.H2/c1-2-14(12,13)8-3-4-9-7(5-8)6-10-11-9;/h3-6H,2H2,1H3,(H,10,11);1H. The Labute approximate surface area is 83.4 Å². The van der Waals surface area contributed by atoms with Crippen molar-refractivity contribution >= 4 is 20.7 Å². The Balaban J connectivity index is 0.00000112. The summed E-state index contributed by atoms with van der Waals surface area (Å²) in [5.41, 5.74) is 0.847. The lowest BCUT2D eigenvalue weighted by molar-refractivity contribution is 0.597. The van der Waals surface area contributed by atoms with Crippen LogP contribution >= 0.6 is 0 Å². The Bertz CT molecular complexity index is 562. The fraction of sp³-hybridized carbons (Fsp3) is 0.222. The third-order valence-corrected chi connectivity index (χ3v) is 3.88. The number of sulfone groups is 1. The summed E-state index contributed by atoms with van der Waals surface area (Å²) in [6.07, 6.45) is 1.62. The maximum atomic E-state index is 11.5. The summed E-state index contributed by atoms with van der Waals surface area (Å²) in [4.78, 5) is 0.355. The van der Waals surface area contributed by atoms with Crippen LogP contribution in [0.5, 0.6) is 0 Å². The first-order chi connectivity index (χ1) is 6.63. The van der Waals surface area contributed by atoms with Gasteiger partial charge in [-0.2, -0.15) is 5.10 Å². The van der Waals surface area contributed by atoms with Gasteiger partial charge in [0.2, 0.25) is 0 Å². The van der Waals surface area contributed by atoms with E-state index in [-0.39, 0.29) is 7.18 Å². The first-order valence-corrected chi connectivity index (χ1v) is 5.94. The molecule has 1 heterocycles. The molecule has 1 N–H and O–H groups in total. The van der Waals surface area contributed by atoms with Gasteiger partial charge in [0.05, 0.1) is 22.4 Å². The van der Waals surface area contributed by atoms with Crippen LogP contribution in [0.25, 0.3) is 10.9 Å². The lowest BCUT2D eigenvalue weighted by Crippen LogP contribution is -2.02. The van der Waals surface area contributed by atoms with Crippen LogP contribution < -0.4 is 0 Å². The normalized spacial score (nSPS) is 12.1. The van der Waals surface area contributed by atoms with Crippen LogP contribution in [-0.2, 0) is 9.84 Å². The molecule has 76 valence electrons. The minimum Gasteiger partial charge on any atom is -0.278 e. The topological polar surface area (TPSA) is 62.8 Å². The summed E-state index contributed by atoms with van der Waals surface area (Å²) in [5, 5.41) is 7.42. The number of fused-ring (bicyclic) bond motifs is 1. The van der Waals surface area contributed by atoms with Crippen molar-refractivity contribution in [2.24, 2.45) is 0 Å². The van der Waals surface area contributed by atoms with Gasteiger partial charge in [0.15, 0.2) is 9.84 Å². The zero-order valence-electron chi connectivity index (χ0n) is 7.69. The van der Waals surface area contributed by atoms with Crippen LogP contribution in [0.3, 0.4) is 0 Å². The molecule has 0 spiro atoms. The van der Waals surface area contributed by atoms with E-state index in [0.29, 0.717) is 4.90 Å². The van der Waals surface area contributed by atoms with Gasteiger partial charge in [-0.25, -0.2) is 8.42 Å². The van der Waals surface area contributed by atoms with E-state index in [1.54, 1.807) is 31.3 Å². The van der Waals surface area contributed by atoms with Gasteiger partial charge in [0.1, 0.15) is 0 Å². The van der Waals surface area contributed by atoms with Gasteiger partial charge in [-0.3, -0.25) is 5.10 Å². The SMILES string of the molecule is CCS(=O)(=O)c1ccc2[nH]ncc2c1.[HH]. The summed E-state index contributed by atoms with van der Waals surface area (Å²) in [6.45, 7) is 1.63. The largest absolute Gasteiger partial charge is 0.278 e. The molecule has 5 heteroatoms. The van der Waals surface area contributed by atoms with Crippen LogP contribution in [0.4, 0.5) is 0 Å². The van der Waals surface area contributed by atoms with Gasteiger partial charge in [0.25, 0.3) is 0 Å². The minimum absolute atomic E-state index is 0. The Hall–Kier alpha value is -1.36. The predicted molar refractivity (Wildman–Crippen MR) is 55.9 cm³/mol. The number of hydrogen-bond acceptors (Lipinski definition) is 3. The second kappa shape index (κ2) is 3.09.